The number of sulfonamides is 1. The molecule has 1 amide bonds. The van der Waals surface area contributed by atoms with Crippen molar-refractivity contribution >= 4 is 43.5 Å². The van der Waals surface area contributed by atoms with E-state index in [4.69, 9.17) is 14.2 Å². The molecule has 0 bridgehead atoms. The number of carbonyl (C=O) groups excluding carboxylic acids is 2. The number of ether oxygens (including phenoxy) is 3. The maximum Gasteiger partial charge on any atom is 0.325 e. The van der Waals surface area contributed by atoms with Crippen LogP contribution in [-0.4, -0.2) is 69.3 Å². The number of aromatic nitrogens is 1. The minimum Gasteiger partial charge on any atom is -0.495 e. The van der Waals surface area contributed by atoms with E-state index < -0.39 is 27.9 Å². The molecule has 164 valence electrons. The lowest BCUT2D eigenvalue weighted by Gasteiger charge is -2.18. The van der Waals surface area contributed by atoms with Crippen molar-refractivity contribution in [1.82, 2.24) is 8.87 Å². The van der Waals surface area contributed by atoms with E-state index in [1.807, 2.05) is 0 Å². The third-order valence-corrected chi connectivity index (χ3v) is 7.21. The van der Waals surface area contributed by atoms with Crippen molar-refractivity contribution in [1.29, 1.82) is 0 Å². The van der Waals surface area contributed by atoms with E-state index >= 15 is 0 Å². The van der Waals surface area contributed by atoms with E-state index in [-0.39, 0.29) is 17.9 Å². The predicted octanol–water partition coefficient (Wildman–Crippen LogP) is 0.744. The van der Waals surface area contributed by atoms with Crippen LogP contribution in [0.2, 0.25) is 0 Å². The second-order valence-electron chi connectivity index (χ2n) is 6.68. The molecule has 3 rings (SSSR count). The van der Waals surface area contributed by atoms with Crippen molar-refractivity contribution in [2.45, 2.75) is 25.4 Å². The SMILES string of the molecule is COC(=O)Cn1c(=NC(=O)C2CCCN2S(C)(=O)=O)sc2c(OC)ccc(OC)c21. The number of hydrogen-bond donors (Lipinski definition) is 0. The Bertz CT molecular complexity index is 1150. The Morgan fingerprint density at radius 2 is 1.87 bits per heavy atom. The number of amides is 1. The highest BCUT2D eigenvalue weighted by Gasteiger charge is 2.36. The van der Waals surface area contributed by atoms with Crippen molar-refractivity contribution < 1.29 is 32.2 Å². The number of methoxy groups -OCH3 is 3. The number of carbonyl (C=O) groups is 2. The van der Waals surface area contributed by atoms with Crippen molar-refractivity contribution in [3.63, 3.8) is 0 Å². The molecule has 1 fully saturated rings. The van der Waals surface area contributed by atoms with Gasteiger partial charge in [-0.3, -0.25) is 9.59 Å². The topological polar surface area (TPSA) is 116 Å². The molecule has 2 aromatic rings. The number of esters is 1. The Balaban J connectivity index is 2.20. The van der Waals surface area contributed by atoms with Crippen molar-refractivity contribution in [3.8, 4) is 11.5 Å². The average Bonchev–Trinajstić information content (AvgIpc) is 3.33. The van der Waals surface area contributed by atoms with Gasteiger partial charge >= 0.3 is 5.97 Å². The summed E-state index contributed by atoms with van der Waals surface area (Å²) in [5, 5.41) is 0. The Labute approximate surface area is 177 Å². The third kappa shape index (κ3) is 4.20. The van der Waals surface area contributed by atoms with Gasteiger partial charge in [0.05, 0.1) is 27.6 Å². The van der Waals surface area contributed by atoms with Crippen LogP contribution in [0.5, 0.6) is 11.5 Å². The lowest BCUT2D eigenvalue weighted by Crippen LogP contribution is -2.40. The summed E-state index contributed by atoms with van der Waals surface area (Å²) in [5.74, 6) is -0.117. The number of rotatable bonds is 6. The van der Waals surface area contributed by atoms with Crippen molar-refractivity contribution in [2.24, 2.45) is 4.99 Å². The van der Waals surface area contributed by atoms with Crippen molar-refractivity contribution in [2.75, 3.05) is 34.1 Å². The fourth-order valence-electron chi connectivity index (χ4n) is 3.43. The molecule has 1 aromatic heterocycles. The molecule has 0 N–H and O–H groups in total. The molecule has 0 aliphatic carbocycles. The highest BCUT2D eigenvalue weighted by atomic mass is 32.2. The summed E-state index contributed by atoms with van der Waals surface area (Å²) in [6.07, 6.45) is 2.05. The lowest BCUT2D eigenvalue weighted by molar-refractivity contribution is -0.141. The maximum absolute atomic E-state index is 12.9. The van der Waals surface area contributed by atoms with E-state index in [1.165, 1.54) is 25.9 Å². The molecule has 0 saturated carbocycles. The first-order valence-corrected chi connectivity index (χ1v) is 11.7. The summed E-state index contributed by atoms with van der Waals surface area (Å²) in [4.78, 5) is 29.4. The summed E-state index contributed by atoms with van der Waals surface area (Å²) in [5.41, 5.74) is 0.533. The van der Waals surface area contributed by atoms with Crippen LogP contribution in [0.1, 0.15) is 12.8 Å². The van der Waals surface area contributed by atoms with E-state index in [0.717, 1.165) is 21.9 Å². The molecule has 1 aliphatic rings. The Hall–Kier alpha value is -2.44. The highest BCUT2D eigenvalue weighted by molar-refractivity contribution is 7.88. The fraction of sp³-hybridized carbons (Fsp3) is 0.500. The van der Waals surface area contributed by atoms with Gasteiger partial charge in [0.15, 0.2) is 4.80 Å². The number of benzene rings is 1. The van der Waals surface area contributed by atoms with Crippen LogP contribution in [-0.2, 0) is 30.9 Å². The number of nitrogens with zero attached hydrogens (tertiary/aromatic N) is 3. The molecule has 10 nitrogen and oxygen atoms in total. The molecule has 1 aliphatic heterocycles. The lowest BCUT2D eigenvalue weighted by atomic mass is 10.2. The van der Waals surface area contributed by atoms with E-state index in [0.29, 0.717) is 34.6 Å². The fourth-order valence-corrected chi connectivity index (χ4v) is 5.69. The predicted molar refractivity (Wildman–Crippen MR) is 110 cm³/mol. The number of thiazole rings is 1. The quantitative estimate of drug-likeness (QED) is 0.588. The smallest absolute Gasteiger partial charge is 0.325 e. The summed E-state index contributed by atoms with van der Waals surface area (Å²) >= 11 is 1.15. The van der Waals surface area contributed by atoms with Crippen LogP contribution in [0.4, 0.5) is 0 Å². The Morgan fingerprint density at radius 1 is 1.20 bits per heavy atom. The van der Waals surface area contributed by atoms with Gasteiger partial charge in [-0.05, 0) is 25.0 Å². The van der Waals surface area contributed by atoms with E-state index in [2.05, 4.69) is 4.99 Å². The van der Waals surface area contributed by atoms with Crippen LogP contribution in [0.3, 0.4) is 0 Å². The molecular weight excluding hydrogens is 434 g/mol. The van der Waals surface area contributed by atoms with Gasteiger partial charge in [0.2, 0.25) is 10.0 Å². The van der Waals surface area contributed by atoms with Gasteiger partial charge in [0, 0.05) is 6.54 Å². The first-order valence-electron chi connectivity index (χ1n) is 9.07. The molecular formula is C18H23N3O7S2. The van der Waals surface area contributed by atoms with Crippen LogP contribution >= 0.6 is 11.3 Å². The van der Waals surface area contributed by atoms with Crippen LogP contribution in [0, 0.1) is 0 Å². The molecule has 2 heterocycles. The second kappa shape index (κ2) is 8.74. The standard InChI is InChI=1S/C18H23N3O7S2/c1-26-12-7-8-13(27-2)16-15(12)20(10-14(22)28-3)18(29-16)19-17(23)11-6-5-9-21(11)30(4,24)25/h7-8,11H,5-6,9-10H2,1-4H3. The van der Waals surface area contributed by atoms with Crippen LogP contribution in [0.25, 0.3) is 10.2 Å². The second-order valence-corrected chi connectivity index (χ2v) is 9.59. The third-order valence-electron chi connectivity index (χ3n) is 4.83. The normalized spacial score (nSPS) is 18.0. The average molecular weight is 458 g/mol. The summed E-state index contributed by atoms with van der Waals surface area (Å²) in [6.45, 7) is 0.0770. The first-order chi connectivity index (χ1) is 14.2. The number of hydrogen-bond acceptors (Lipinski definition) is 8. The summed E-state index contributed by atoms with van der Waals surface area (Å²) < 4.78 is 42.9. The molecule has 1 unspecified atom stereocenters. The molecule has 30 heavy (non-hydrogen) atoms. The zero-order chi connectivity index (χ0) is 22.1. The molecule has 0 spiro atoms. The summed E-state index contributed by atoms with van der Waals surface area (Å²) in [6, 6.07) is 2.55. The zero-order valence-electron chi connectivity index (χ0n) is 17.1. The highest BCUT2D eigenvalue weighted by Crippen LogP contribution is 2.35. The van der Waals surface area contributed by atoms with Gasteiger partial charge in [-0.15, -0.1) is 0 Å². The maximum atomic E-state index is 12.9. The van der Waals surface area contributed by atoms with Crippen molar-refractivity contribution in [3.05, 3.63) is 16.9 Å². The molecule has 12 heteroatoms. The molecule has 1 aromatic carbocycles. The monoisotopic (exact) mass is 457 g/mol. The van der Waals surface area contributed by atoms with Gasteiger partial charge in [0.1, 0.15) is 34.3 Å². The van der Waals surface area contributed by atoms with Crippen LogP contribution < -0.4 is 14.3 Å². The Kier molecular flexibility index (Phi) is 6.48. The minimum absolute atomic E-state index is 0.202. The largest absolute Gasteiger partial charge is 0.495 e. The number of fused-ring (bicyclic) bond motifs is 1. The molecule has 1 saturated heterocycles. The van der Waals surface area contributed by atoms with Gasteiger partial charge in [0.25, 0.3) is 5.91 Å². The van der Waals surface area contributed by atoms with Gasteiger partial charge < -0.3 is 18.8 Å². The molecule has 0 radical (unpaired) electrons. The minimum atomic E-state index is -3.53. The Morgan fingerprint density at radius 3 is 2.47 bits per heavy atom. The van der Waals surface area contributed by atoms with E-state index in [9.17, 15) is 18.0 Å². The van der Waals surface area contributed by atoms with Gasteiger partial charge in [-0.25, -0.2) is 8.42 Å². The van der Waals surface area contributed by atoms with Gasteiger partial charge in [-0.2, -0.15) is 9.30 Å². The van der Waals surface area contributed by atoms with E-state index in [1.54, 1.807) is 12.1 Å². The first kappa shape index (κ1) is 22.2. The zero-order valence-corrected chi connectivity index (χ0v) is 18.7. The van der Waals surface area contributed by atoms with Crippen LogP contribution in [0.15, 0.2) is 17.1 Å². The summed E-state index contributed by atoms with van der Waals surface area (Å²) in [7, 11) is 0.733. The molecule has 1 atom stereocenters. The van der Waals surface area contributed by atoms with Gasteiger partial charge in [-0.1, -0.05) is 11.3 Å².